The van der Waals surface area contributed by atoms with Crippen LogP contribution in [0.1, 0.15) is 24.2 Å². The summed E-state index contributed by atoms with van der Waals surface area (Å²) in [7, 11) is 0. The Kier molecular flexibility index (Phi) is 2.84. The summed E-state index contributed by atoms with van der Waals surface area (Å²) in [5.41, 5.74) is -0.651. The van der Waals surface area contributed by atoms with E-state index in [1.165, 1.54) is 23.4 Å². The van der Waals surface area contributed by atoms with E-state index < -0.39 is 11.7 Å². The van der Waals surface area contributed by atoms with Crippen molar-refractivity contribution in [3.63, 3.8) is 0 Å². The Morgan fingerprint density at radius 1 is 1.44 bits per heavy atom. The molecule has 0 spiro atoms. The first-order valence-electron chi connectivity index (χ1n) is 5.22. The standard InChI is InChI=1S/C11H12N4O3/c1-11(2,18)15-8(3-4-14-15)9-7(10(16)17)5-12-6-13-9/h3-6,18H,1-2H3,(H,16,17). The van der Waals surface area contributed by atoms with Gasteiger partial charge in [0.2, 0.25) is 0 Å². The van der Waals surface area contributed by atoms with Crippen LogP contribution in [-0.4, -0.2) is 35.9 Å². The van der Waals surface area contributed by atoms with Gasteiger partial charge in [-0.05, 0) is 19.9 Å². The maximum Gasteiger partial charge on any atom is 0.339 e. The van der Waals surface area contributed by atoms with Crippen molar-refractivity contribution in [2.24, 2.45) is 0 Å². The van der Waals surface area contributed by atoms with Crippen LogP contribution >= 0.6 is 0 Å². The third kappa shape index (κ3) is 2.07. The lowest BCUT2D eigenvalue weighted by Crippen LogP contribution is -2.27. The zero-order chi connectivity index (χ0) is 13.3. The van der Waals surface area contributed by atoms with E-state index in [1.54, 1.807) is 19.9 Å². The summed E-state index contributed by atoms with van der Waals surface area (Å²) >= 11 is 0. The van der Waals surface area contributed by atoms with Crippen molar-refractivity contribution in [1.82, 2.24) is 19.7 Å². The van der Waals surface area contributed by atoms with E-state index in [9.17, 15) is 9.90 Å². The van der Waals surface area contributed by atoms with Gasteiger partial charge in [-0.3, -0.25) is 0 Å². The summed E-state index contributed by atoms with van der Waals surface area (Å²) in [6.07, 6.45) is 3.94. The Bertz CT molecular complexity index is 586. The molecule has 2 N–H and O–H groups in total. The van der Waals surface area contributed by atoms with Gasteiger partial charge in [-0.15, -0.1) is 0 Å². The monoisotopic (exact) mass is 248 g/mol. The smallest absolute Gasteiger partial charge is 0.339 e. The van der Waals surface area contributed by atoms with Crippen LogP contribution < -0.4 is 0 Å². The molecular formula is C11H12N4O3. The molecule has 0 aliphatic carbocycles. The Morgan fingerprint density at radius 2 is 2.17 bits per heavy atom. The highest BCUT2D eigenvalue weighted by molar-refractivity contribution is 5.93. The average molecular weight is 248 g/mol. The zero-order valence-electron chi connectivity index (χ0n) is 9.90. The molecule has 0 aliphatic rings. The van der Waals surface area contributed by atoms with E-state index in [2.05, 4.69) is 15.1 Å². The Labute approximate surface area is 103 Å². The second-order valence-corrected chi connectivity index (χ2v) is 4.21. The molecule has 0 radical (unpaired) electrons. The third-order valence-corrected chi connectivity index (χ3v) is 2.35. The molecule has 0 bridgehead atoms. The van der Waals surface area contributed by atoms with Gasteiger partial charge in [-0.25, -0.2) is 19.4 Å². The number of hydrogen-bond donors (Lipinski definition) is 2. The molecule has 0 fully saturated rings. The minimum atomic E-state index is -1.25. The van der Waals surface area contributed by atoms with Crippen LogP contribution in [0.2, 0.25) is 0 Å². The van der Waals surface area contributed by atoms with Gasteiger partial charge in [0.1, 0.15) is 17.6 Å². The molecule has 0 amide bonds. The number of aromatic nitrogens is 4. The molecule has 2 aromatic rings. The predicted octanol–water partition coefficient (Wildman–Crippen LogP) is 0.723. The lowest BCUT2D eigenvalue weighted by molar-refractivity contribution is -0.00870. The van der Waals surface area contributed by atoms with Gasteiger partial charge in [-0.1, -0.05) is 0 Å². The number of hydrogen-bond acceptors (Lipinski definition) is 5. The van der Waals surface area contributed by atoms with Gasteiger partial charge in [0.05, 0.1) is 5.69 Å². The molecule has 7 heteroatoms. The molecule has 0 aliphatic heterocycles. The Hall–Kier alpha value is -2.28. The fraction of sp³-hybridized carbons (Fsp3) is 0.273. The summed E-state index contributed by atoms with van der Waals surface area (Å²) < 4.78 is 1.31. The molecule has 0 atom stereocenters. The van der Waals surface area contributed by atoms with Crippen LogP contribution in [0.3, 0.4) is 0 Å². The number of rotatable bonds is 3. The van der Waals surface area contributed by atoms with Gasteiger partial charge in [0, 0.05) is 12.4 Å². The van der Waals surface area contributed by atoms with E-state index in [-0.39, 0.29) is 11.3 Å². The SMILES string of the molecule is CC(C)(O)n1nccc1-c1ncncc1C(=O)O. The lowest BCUT2D eigenvalue weighted by atomic mass is 10.1. The first-order chi connectivity index (χ1) is 8.41. The van der Waals surface area contributed by atoms with Crippen LogP contribution in [0, 0.1) is 0 Å². The van der Waals surface area contributed by atoms with Crippen LogP contribution in [0.5, 0.6) is 0 Å². The summed E-state index contributed by atoms with van der Waals surface area (Å²) in [6.45, 7) is 3.09. The topological polar surface area (TPSA) is 101 Å². The molecule has 7 nitrogen and oxygen atoms in total. The normalized spacial score (nSPS) is 11.5. The lowest BCUT2D eigenvalue weighted by Gasteiger charge is -2.21. The summed E-state index contributed by atoms with van der Waals surface area (Å²) in [4.78, 5) is 18.7. The second-order valence-electron chi connectivity index (χ2n) is 4.21. The number of aliphatic hydroxyl groups is 1. The van der Waals surface area contributed by atoms with Gasteiger partial charge in [-0.2, -0.15) is 5.10 Å². The molecule has 0 unspecified atom stereocenters. The van der Waals surface area contributed by atoms with Crippen LogP contribution in [0.25, 0.3) is 11.4 Å². The van der Waals surface area contributed by atoms with Crippen molar-refractivity contribution in [3.8, 4) is 11.4 Å². The van der Waals surface area contributed by atoms with Crippen LogP contribution in [0.15, 0.2) is 24.8 Å². The highest BCUT2D eigenvalue weighted by atomic mass is 16.4. The Morgan fingerprint density at radius 3 is 2.78 bits per heavy atom. The first-order valence-corrected chi connectivity index (χ1v) is 5.22. The van der Waals surface area contributed by atoms with Crippen molar-refractivity contribution < 1.29 is 15.0 Å². The van der Waals surface area contributed by atoms with Crippen molar-refractivity contribution in [3.05, 3.63) is 30.4 Å². The minimum Gasteiger partial charge on any atom is -0.478 e. The van der Waals surface area contributed by atoms with E-state index in [0.717, 1.165) is 0 Å². The van der Waals surface area contributed by atoms with Gasteiger partial charge in [0.25, 0.3) is 0 Å². The van der Waals surface area contributed by atoms with Gasteiger partial charge >= 0.3 is 5.97 Å². The maximum absolute atomic E-state index is 11.1. The van der Waals surface area contributed by atoms with Crippen molar-refractivity contribution in [2.75, 3.05) is 0 Å². The number of carbonyl (C=O) groups is 1. The van der Waals surface area contributed by atoms with Gasteiger partial charge in [0.15, 0.2) is 5.72 Å². The molecule has 2 rings (SSSR count). The molecule has 94 valence electrons. The molecule has 0 saturated carbocycles. The molecule has 0 aromatic carbocycles. The third-order valence-electron chi connectivity index (χ3n) is 2.35. The maximum atomic E-state index is 11.1. The van der Waals surface area contributed by atoms with Gasteiger partial charge < -0.3 is 10.2 Å². The number of aromatic carboxylic acids is 1. The van der Waals surface area contributed by atoms with Crippen LogP contribution in [-0.2, 0) is 5.72 Å². The Balaban J connectivity index is 2.64. The van der Waals surface area contributed by atoms with E-state index in [0.29, 0.717) is 5.69 Å². The molecule has 0 saturated heterocycles. The van der Waals surface area contributed by atoms with Crippen LogP contribution in [0.4, 0.5) is 0 Å². The number of nitrogens with zero attached hydrogens (tertiary/aromatic N) is 4. The minimum absolute atomic E-state index is 0.0384. The largest absolute Gasteiger partial charge is 0.478 e. The zero-order valence-corrected chi connectivity index (χ0v) is 9.90. The first kappa shape index (κ1) is 12.2. The summed E-state index contributed by atoms with van der Waals surface area (Å²) in [5, 5.41) is 23.0. The van der Waals surface area contributed by atoms with E-state index >= 15 is 0 Å². The average Bonchev–Trinajstić information content (AvgIpc) is 2.77. The summed E-state index contributed by atoms with van der Waals surface area (Å²) in [6, 6.07) is 1.59. The molecular weight excluding hydrogens is 236 g/mol. The summed E-state index contributed by atoms with van der Waals surface area (Å²) in [5.74, 6) is -1.13. The van der Waals surface area contributed by atoms with E-state index in [4.69, 9.17) is 5.11 Å². The second kappa shape index (κ2) is 4.19. The van der Waals surface area contributed by atoms with Crippen molar-refractivity contribution in [1.29, 1.82) is 0 Å². The highest BCUT2D eigenvalue weighted by Crippen LogP contribution is 2.24. The number of carboxylic acids is 1. The van der Waals surface area contributed by atoms with E-state index in [1.807, 2.05) is 0 Å². The fourth-order valence-electron chi connectivity index (χ4n) is 1.61. The van der Waals surface area contributed by atoms with Crippen molar-refractivity contribution >= 4 is 5.97 Å². The molecule has 18 heavy (non-hydrogen) atoms. The quantitative estimate of drug-likeness (QED) is 0.830. The predicted molar refractivity (Wildman–Crippen MR) is 61.8 cm³/mol. The molecule has 2 heterocycles. The molecule has 2 aromatic heterocycles. The fourth-order valence-corrected chi connectivity index (χ4v) is 1.61. The van der Waals surface area contributed by atoms with Crippen molar-refractivity contribution in [2.45, 2.75) is 19.6 Å². The highest BCUT2D eigenvalue weighted by Gasteiger charge is 2.23. The number of carboxylic acid groups (broad SMARTS) is 1.